The summed E-state index contributed by atoms with van der Waals surface area (Å²) < 4.78 is 0. The van der Waals surface area contributed by atoms with Gasteiger partial charge in [0.05, 0.1) is 0 Å². The molecule has 0 aliphatic heterocycles. The second-order valence-corrected chi connectivity index (χ2v) is 6.95. The fourth-order valence-electron chi connectivity index (χ4n) is 3.04. The van der Waals surface area contributed by atoms with Crippen LogP contribution in [0.4, 0.5) is 11.4 Å². The van der Waals surface area contributed by atoms with Crippen LogP contribution in [0.15, 0.2) is 42.5 Å². The molecule has 142 valence electrons. The van der Waals surface area contributed by atoms with Gasteiger partial charge in [0, 0.05) is 41.6 Å². The molecular formula is C22H27N3O2. The molecule has 5 heteroatoms. The van der Waals surface area contributed by atoms with Gasteiger partial charge >= 0.3 is 0 Å². The van der Waals surface area contributed by atoms with Crippen LogP contribution in [0.2, 0.25) is 0 Å². The van der Waals surface area contributed by atoms with E-state index in [4.69, 9.17) is 0 Å². The highest BCUT2D eigenvalue weighted by Gasteiger charge is 2.23. The minimum Gasteiger partial charge on any atom is -0.372 e. The van der Waals surface area contributed by atoms with Crippen LogP contribution in [0.25, 0.3) is 0 Å². The third-order valence-corrected chi connectivity index (χ3v) is 4.91. The van der Waals surface area contributed by atoms with Crippen LogP contribution in [0, 0.1) is 6.92 Å². The Morgan fingerprint density at radius 3 is 2.07 bits per heavy atom. The molecule has 1 aliphatic carbocycles. The number of carbonyl (C=O) groups excluding carboxylic acids is 2. The van der Waals surface area contributed by atoms with E-state index in [0.717, 1.165) is 42.9 Å². The molecule has 2 aromatic rings. The van der Waals surface area contributed by atoms with E-state index in [1.807, 2.05) is 19.1 Å². The van der Waals surface area contributed by atoms with Gasteiger partial charge in [0.1, 0.15) is 0 Å². The minimum absolute atomic E-state index is 0.0766. The molecule has 1 saturated carbocycles. The van der Waals surface area contributed by atoms with Gasteiger partial charge in [0.15, 0.2) is 0 Å². The van der Waals surface area contributed by atoms with Gasteiger partial charge in [-0.2, -0.15) is 0 Å². The van der Waals surface area contributed by atoms with E-state index in [2.05, 4.69) is 35.4 Å². The summed E-state index contributed by atoms with van der Waals surface area (Å²) in [5, 5.41) is 5.91. The highest BCUT2D eigenvalue weighted by atomic mass is 16.2. The Balaban J connectivity index is 1.66. The molecule has 0 atom stereocenters. The first-order chi connectivity index (χ1) is 13.0. The van der Waals surface area contributed by atoms with E-state index >= 15 is 0 Å². The van der Waals surface area contributed by atoms with E-state index in [1.165, 1.54) is 0 Å². The summed E-state index contributed by atoms with van der Waals surface area (Å²) in [6, 6.07) is 13.2. The van der Waals surface area contributed by atoms with Crippen LogP contribution in [0.3, 0.4) is 0 Å². The lowest BCUT2D eigenvalue weighted by Gasteiger charge is -2.22. The van der Waals surface area contributed by atoms with E-state index in [9.17, 15) is 9.59 Å². The summed E-state index contributed by atoms with van der Waals surface area (Å²) >= 11 is 0. The summed E-state index contributed by atoms with van der Waals surface area (Å²) in [5.41, 5.74) is 4.09. The zero-order chi connectivity index (χ0) is 19.4. The summed E-state index contributed by atoms with van der Waals surface area (Å²) in [6.45, 7) is 8.14. The van der Waals surface area contributed by atoms with Crippen molar-refractivity contribution in [3.8, 4) is 0 Å². The van der Waals surface area contributed by atoms with Crippen molar-refractivity contribution < 1.29 is 9.59 Å². The van der Waals surface area contributed by atoms with Gasteiger partial charge in [0.25, 0.3) is 11.8 Å². The fourth-order valence-corrected chi connectivity index (χ4v) is 3.04. The van der Waals surface area contributed by atoms with Crippen LogP contribution >= 0.6 is 0 Å². The number of aryl methyl sites for hydroxylation is 1. The SMILES string of the molecule is CCN(CC)c1ccc(NC(=O)c2ccc(C(=O)NC3CC3)cc2)c(C)c1. The lowest BCUT2D eigenvalue weighted by atomic mass is 10.1. The standard InChI is InChI=1S/C22H27N3O2/c1-4-25(5-2)19-12-13-20(15(3)14-19)24-22(27)17-8-6-16(7-9-17)21(26)23-18-10-11-18/h6-9,12-14,18H,4-5,10-11H2,1-3H3,(H,23,26)(H,24,27). The lowest BCUT2D eigenvalue weighted by Crippen LogP contribution is -2.25. The number of amides is 2. The van der Waals surface area contributed by atoms with E-state index < -0.39 is 0 Å². The molecule has 0 spiro atoms. The molecule has 2 N–H and O–H groups in total. The summed E-state index contributed by atoms with van der Waals surface area (Å²) in [4.78, 5) is 26.8. The second-order valence-electron chi connectivity index (χ2n) is 6.95. The number of nitrogens with one attached hydrogen (secondary N) is 2. The fraction of sp³-hybridized carbons (Fsp3) is 0.364. The Hall–Kier alpha value is -2.82. The second kappa shape index (κ2) is 8.25. The average molecular weight is 365 g/mol. The predicted molar refractivity (Wildman–Crippen MR) is 110 cm³/mol. The number of rotatable bonds is 7. The molecule has 2 amide bonds. The van der Waals surface area contributed by atoms with Crippen LogP contribution in [0.1, 0.15) is 53.0 Å². The molecule has 0 aromatic heterocycles. The van der Waals surface area contributed by atoms with Crippen molar-refractivity contribution >= 4 is 23.2 Å². The molecule has 1 aliphatic rings. The van der Waals surface area contributed by atoms with Crippen molar-refractivity contribution in [1.82, 2.24) is 5.32 Å². The first-order valence-electron chi connectivity index (χ1n) is 9.59. The van der Waals surface area contributed by atoms with Crippen molar-refractivity contribution in [2.75, 3.05) is 23.3 Å². The topological polar surface area (TPSA) is 61.4 Å². The van der Waals surface area contributed by atoms with E-state index in [1.54, 1.807) is 24.3 Å². The number of anilines is 2. The maximum atomic E-state index is 12.5. The largest absolute Gasteiger partial charge is 0.372 e. The molecule has 1 fully saturated rings. The average Bonchev–Trinajstić information content (AvgIpc) is 3.49. The Kier molecular flexibility index (Phi) is 5.79. The molecule has 5 nitrogen and oxygen atoms in total. The van der Waals surface area contributed by atoms with Gasteiger partial charge < -0.3 is 15.5 Å². The number of nitrogens with zero attached hydrogens (tertiary/aromatic N) is 1. The number of hydrogen-bond acceptors (Lipinski definition) is 3. The summed E-state index contributed by atoms with van der Waals surface area (Å²) in [5.74, 6) is -0.255. The van der Waals surface area contributed by atoms with Gasteiger partial charge in [-0.25, -0.2) is 0 Å². The normalized spacial score (nSPS) is 13.1. The van der Waals surface area contributed by atoms with E-state index in [0.29, 0.717) is 17.2 Å². The Morgan fingerprint density at radius 1 is 0.963 bits per heavy atom. The van der Waals surface area contributed by atoms with Crippen LogP contribution in [0.5, 0.6) is 0 Å². The van der Waals surface area contributed by atoms with Gasteiger partial charge in [-0.1, -0.05) is 0 Å². The van der Waals surface area contributed by atoms with Crippen molar-refractivity contribution in [1.29, 1.82) is 0 Å². The highest BCUT2D eigenvalue weighted by molar-refractivity contribution is 6.05. The molecule has 2 aromatic carbocycles. The van der Waals surface area contributed by atoms with Crippen molar-refractivity contribution in [2.24, 2.45) is 0 Å². The lowest BCUT2D eigenvalue weighted by molar-refractivity contribution is 0.0949. The molecule has 0 unspecified atom stereocenters. The Morgan fingerprint density at radius 2 is 1.56 bits per heavy atom. The third kappa shape index (κ3) is 4.67. The van der Waals surface area contributed by atoms with Gasteiger partial charge in [-0.3, -0.25) is 9.59 Å². The zero-order valence-electron chi connectivity index (χ0n) is 16.2. The highest BCUT2D eigenvalue weighted by Crippen LogP contribution is 2.23. The van der Waals surface area contributed by atoms with E-state index in [-0.39, 0.29) is 11.8 Å². The molecule has 0 heterocycles. The Bertz CT molecular complexity index is 822. The quantitative estimate of drug-likeness (QED) is 0.780. The molecular weight excluding hydrogens is 338 g/mol. The molecule has 0 radical (unpaired) electrons. The van der Waals surface area contributed by atoms with Crippen molar-refractivity contribution in [3.05, 3.63) is 59.2 Å². The zero-order valence-corrected chi connectivity index (χ0v) is 16.2. The van der Waals surface area contributed by atoms with Gasteiger partial charge in [-0.05, 0) is 81.6 Å². The maximum Gasteiger partial charge on any atom is 0.255 e. The molecule has 3 rings (SSSR count). The predicted octanol–water partition coefficient (Wildman–Crippen LogP) is 3.99. The summed E-state index contributed by atoms with van der Waals surface area (Å²) in [7, 11) is 0. The molecule has 27 heavy (non-hydrogen) atoms. The monoisotopic (exact) mass is 365 g/mol. The smallest absolute Gasteiger partial charge is 0.255 e. The number of benzene rings is 2. The maximum absolute atomic E-state index is 12.5. The first-order valence-corrected chi connectivity index (χ1v) is 9.59. The minimum atomic E-state index is -0.178. The summed E-state index contributed by atoms with van der Waals surface area (Å²) in [6.07, 6.45) is 2.11. The number of carbonyl (C=O) groups is 2. The van der Waals surface area contributed by atoms with Crippen LogP contribution in [-0.2, 0) is 0 Å². The molecule has 0 saturated heterocycles. The Labute approximate surface area is 160 Å². The van der Waals surface area contributed by atoms with Gasteiger partial charge in [-0.15, -0.1) is 0 Å². The first kappa shape index (κ1) is 19.0. The third-order valence-electron chi connectivity index (χ3n) is 4.91. The van der Waals surface area contributed by atoms with Crippen LogP contribution in [-0.4, -0.2) is 30.9 Å². The molecule has 0 bridgehead atoms. The van der Waals surface area contributed by atoms with Crippen molar-refractivity contribution in [2.45, 2.75) is 39.7 Å². The van der Waals surface area contributed by atoms with Crippen LogP contribution < -0.4 is 15.5 Å². The van der Waals surface area contributed by atoms with Gasteiger partial charge in [0.2, 0.25) is 0 Å². The number of hydrogen-bond donors (Lipinski definition) is 2. The van der Waals surface area contributed by atoms with Crippen molar-refractivity contribution in [3.63, 3.8) is 0 Å².